The van der Waals surface area contributed by atoms with Crippen molar-refractivity contribution in [1.29, 1.82) is 0 Å². The average Bonchev–Trinajstić information content (AvgIpc) is 2.76. The Bertz CT molecular complexity index is 442. The standard InChI is InChI=1S/C10H12ClF2N3S/c11-1-2-15(7-9(12)13)5-8-6-16-3-4-17-10(16)14-8/h3-4,6,9H,1-2,5,7H2. The highest BCUT2D eigenvalue weighted by Crippen LogP contribution is 2.13. The normalized spacial score (nSPS) is 12.1. The van der Waals surface area contributed by atoms with Crippen LogP contribution in [0, 0.1) is 0 Å². The maximum absolute atomic E-state index is 12.3. The van der Waals surface area contributed by atoms with Crippen LogP contribution < -0.4 is 0 Å². The van der Waals surface area contributed by atoms with Crippen molar-refractivity contribution in [3.05, 3.63) is 23.5 Å². The van der Waals surface area contributed by atoms with Crippen LogP contribution in [0.1, 0.15) is 5.69 Å². The van der Waals surface area contributed by atoms with Gasteiger partial charge in [-0.25, -0.2) is 13.8 Å². The molecule has 7 heteroatoms. The van der Waals surface area contributed by atoms with E-state index in [4.69, 9.17) is 11.6 Å². The minimum Gasteiger partial charge on any atom is -0.297 e. The van der Waals surface area contributed by atoms with Crippen LogP contribution in [0.4, 0.5) is 8.78 Å². The molecule has 0 aliphatic heterocycles. The second-order valence-electron chi connectivity index (χ2n) is 3.64. The van der Waals surface area contributed by atoms with Gasteiger partial charge in [0.05, 0.1) is 12.2 Å². The molecule has 0 radical (unpaired) electrons. The van der Waals surface area contributed by atoms with Crippen LogP contribution in [-0.4, -0.2) is 39.7 Å². The highest BCUT2D eigenvalue weighted by Gasteiger charge is 2.13. The third-order valence-electron chi connectivity index (χ3n) is 2.33. The Morgan fingerprint density at radius 3 is 3.00 bits per heavy atom. The van der Waals surface area contributed by atoms with E-state index in [0.717, 1.165) is 10.7 Å². The van der Waals surface area contributed by atoms with Gasteiger partial charge < -0.3 is 0 Å². The van der Waals surface area contributed by atoms with E-state index in [1.807, 2.05) is 22.2 Å². The van der Waals surface area contributed by atoms with Crippen LogP contribution >= 0.6 is 22.9 Å². The number of nitrogens with zero attached hydrogens (tertiary/aromatic N) is 3. The number of hydrogen-bond acceptors (Lipinski definition) is 3. The molecule has 0 N–H and O–H groups in total. The Hall–Kier alpha value is -0.720. The smallest absolute Gasteiger partial charge is 0.251 e. The van der Waals surface area contributed by atoms with Crippen LogP contribution in [0.2, 0.25) is 0 Å². The molecule has 0 saturated carbocycles. The molecule has 0 unspecified atom stereocenters. The number of rotatable bonds is 6. The molecule has 2 rings (SSSR count). The summed E-state index contributed by atoms with van der Waals surface area (Å²) in [5, 5.41) is 1.93. The number of fused-ring (bicyclic) bond motifs is 1. The number of halogens is 3. The Morgan fingerprint density at radius 1 is 1.53 bits per heavy atom. The third-order valence-corrected chi connectivity index (χ3v) is 3.27. The van der Waals surface area contributed by atoms with Crippen molar-refractivity contribution in [1.82, 2.24) is 14.3 Å². The van der Waals surface area contributed by atoms with Gasteiger partial charge in [0.15, 0.2) is 4.96 Å². The highest BCUT2D eigenvalue weighted by atomic mass is 35.5. The molecule has 0 aliphatic rings. The van der Waals surface area contributed by atoms with Crippen molar-refractivity contribution in [2.45, 2.75) is 13.0 Å². The molecular formula is C10H12ClF2N3S. The summed E-state index contributed by atoms with van der Waals surface area (Å²) in [6, 6.07) is 0. The summed E-state index contributed by atoms with van der Waals surface area (Å²) in [5.41, 5.74) is 0.794. The van der Waals surface area contributed by atoms with Gasteiger partial charge in [-0.15, -0.1) is 22.9 Å². The lowest BCUT2D eigenvalue weighted by molar-refractivity contribution is 0.0873. The maximum Gasteiger partial charge on any atom is 0.251 e. The van der Waals surface area contributed by atoms with Crippen molar-refractivity contribution in [2.24, 2.45) is 0 Å². The monoisotopic (exact) mass is 279 g/mol. The van der Waals surface area contributed by atoms with Crippen LogP contribution in [-0.2, 0) is 6.54 Å². The molecule has 0 atom stereocenters. The molecule has 94 valence electrons. The van der Waals surface area contributed by atoms with E-state index < -0.39 is 6.43 Å². The van der Waals surface area contributed by atoms with Gasteiger partial charge in [-0.05, 0) is 0 Å². The SMILES string of the molecule is FC(F)CN(CCCl)Cc1cn2ccsc2n1. The van der Waals surface area contributed by atoms with Crippen molar-refractivity contribution < 1.29 is 8.78 Å². The first-order valence-electron chi connectivity index (χ1n) is 5.16. The predicted octanol–water partition coefficient (Wildman–Crippen LogP) is 2.70. The number of imidazole rings is 1. The predicted molar refractivity (Wildman–Crippen MR) is 65.1 cm³/mol. The zero-order valence-corrected chi connectivity index (χ0v) is 10.6. The molecule has 0 aromatic carbocycles. The topological polar surface area (TPSA) is 20.5 Å². The average molecular weight is 280 g/mol. The largest absolute Gasteiger partial charge is 0.297 e. The second kappa shape index (κ2) is 5.75. The summed E-state index contributed by atoms with van der Waals surface area (Å²) in [5.74, 6) is 0.342. The zero-order chi connectivity index (χ0) is 12.3. The summed E-state index contributed by atoms with van der Waals surface area (Å²) in [7, 11) is 0. The summed E-state index contributed by atoms with van der Waals surface area (Å²) < 4.78 is 26.6. The molecule has 0 bridgehead atoms. The Labute approximate surface area is 107 Å². The van der Waals surface area contributed by atoms with E-state index >= 15 is 0 Å². The molecule has 2 aromatic heterocycles. The van der Waals surface area contributed by atoms with E-state index in [1.165, 1.54) is 11.3 Å². The van der Waals surface area contributed by atoms with Gasteiger partial charge in [0.1, 0.15) is 0 Å². The van der Waals surface area contributed by atoms with Gasteiger partial charge >= 0.3 is 0 Å². The van der Waals surface area contributed by atoms with Crippen LogP contribution in [0.15, 0.2) is 17.8 Å². The lowest BCUT2D eigenvalue weighted by Crippen LogP contribution is -2.30. The minimum atomic E-state index is -2.35. The number of aromatic nitrogens is 2. The molecule has 2 aromatic rings. The Morgan fingerprint density at radius 2 is 2.35 bits per heavy atom. The van der Waals surface area contributed by atoms with E-state index in [1.54, 1.807) is 4.90 Å². The van der Waals surface area contributed by atoms with Crippen molar-refractivity contribution >= 4 is 27.9 Å². The quantitative estimate of drug-likeness (QED) is 0.758. The first kappa shape index (κ1) is 12.7. The number of thiazole rings is 1. The molecular weight excluding hydrogens is 268 g/mol. The fourth-order valence-corrected chi connectivity index (χ4v) is 2.59. The summed E-state index contributed by atoms with van der Waals surface area (Å²) in [6.45, 7) is 0.584. The summed E-state index contributed by atoms with van der Waals surface area (Å²) in [4.78, 5) is 6.85. The van der Waals surface area contributed by atoms with E-state index in [-0.39, 0.29) is 6.54 Å². The van der Waals surface area contributed by atoms with Gasteiger partial charge in [0.2, 0.25) is 0 Å². The molecule has 2 heterocycles. The lowest BCUT2D eigenvalue weighted by atomic mass is 10.4. The zero-order valence-electron chi connectivity index (χ0n) is 9.02. The van der Waals surface area contributed by atoms with Crippen molar-refractivity contribution in [3.8, 4) is 0 Å². The number of alkyl halides is 3. The van der Waals surface area contributed by atoms with Gasteiger partial charge in [0.25, 0.3) is 6.43 Å². The van der Waals surface area contributed by atoms with Gasteiger partial charge in [0, 0.05) is 36.7 Å². The van der Waals surface area contributed by atoms with Crippen LogP contribution in [0.5, 0.6) is 0 Å². The van der Waals surface area contributed by atoms with E-state index in [0.29, 0.717) is 19.0 Å². The molecule has 0 spiro atoms. The molecule has 17 heavy (non-hydrogen) atoms. The molecule has 0 saturated heterocycles. The van der Waals surface area contributed by atoms with Gasteiger partial charge in [-0.1, -0.05) is 0 Å². The van der Waals surface area contributed by atoms with E-state index in [2.05, 4.69) is 4.98 Å². The summed E-state index contributed by atoms with van der Waals surface area (Å²) >= 11 is 7.12. The summed E-state index contributed by atoms with van der Waals surface area (Å²) in [6.07, 6.45) is 1.41. The number of hydrogen-bond donors (Lipinski definition) is 0. The third kappa shape index (κ3) is 3.37. The van der Waals surface area contributed by atoms with Crippen molar-refractivity contribution in [2.75, 3.05) is 19.0 Å². The Kier molecular flexibility index (Phi) is 4.31. The second-order valence-corrected chi connectivity index (χ2v) is 4.89. The molecule has 0 aliphatic carbocycles. The van der Waals surface area contributed by atoms with E-state index in [9.17, 15) is 8.78 Å². The van der Waals surface area contributed by atoms with Gasteiger partial charge in [-0.3, -0.25) is 9.30 Å². The fraction of sp³-hybridized carbons (Fsp3) is 0.500. The Balaban J connectivity index is 2.03. The fourth-order valence-electron chi connectivity index (χ4n) is 1.63. The van der Waals surface area contributed by atoms with Gasteiger partial charge in [-0.2, -0.15) is 0 Å². The highest BCUT2D eigenvalue weighted by molar-refractivity contribution is 7.15. The first-order chi connectivity index (χ1) is 8.19. The van der Waals surface area contributed by atoms with Crippen LogP contribution in [0.25, 0.3) is 4.96 Å². The lowest BCUT2D eigenvalue weighted by Gasteiger charge is -2.19. The molecule has 0 amide bonds. The first-order valence-corrected chi connectivity index (χ1v) is 6.58. The van der Waals surface area contributed by atoms with Crippen LogP contribution in [0.3, 0.4) is 0 Å². The maximum atomic E-state index is 12.3. The molecule has 0 fully saturated rings. The molecule has 3 nitrogen and oxygen atoms in total. The minimum absolute atomic E-state index is 0.266. The van der Waals surface area contributed by atoms with Crippen molar-refractivity contribution in [3.63, 3.8) is 0 Å².